The lowest BCUT2D eigenvalue weighted by atomic mass is 9.87. The van der Waals surface area contributed by atoms with Crippen molar-refractivity contribution in [3.63, 3.8) is 0 Å². The van der Waals surface area contributed by atoms with Crippen molar-refractivity contribution in [3.05, 3.63) is 12.7 Å². The van der Waals surface area contributed by atoms with Crippen LogP contribution >= 0.6 is 35.2 Å². The minimum Gasteiger partial charge on any atom is -0.393 e. The van der Waals surface area contributed by atoms with Crippen LogP contribution in [0.1, 0.15) is 84.8 Å². The van der Waals surface area contributed by atoms with Gasteiger partial charge >= 0.3 is 23.5 Å². The normalized spacial score (nSPS) is 21.6. The topological polar surface area (TPSA) is 404 Å². The summed E-state index contributed by atoms with van der Waals surface area (Å²) >= 11 is 0.930. The van der Waals surface area contributed by atoms with Crippen LogP contribution in [-0.2, 0) is 50.7 Å². The number of phosphoric ester groups is 3. The molecule has 3 heterocycles. The first-order valence-corrected chi connectivity index (χ1v) is 25.3. The Morgan fingerprint density at radius 3 is 2.32 bits per heavy atom. The molecule has 0 radical (unpaired) electrons. The third kappa shape index (κ3) is 18.7. The Kier molecular flexibility index (Phi) is 21.6. The predicted octanol–water partition coefficient (Wildman–Crippen LogP) is 0.527. The smallest absolute Gasteiger partial charge is 0.393 e. The molecule has 1 saturated heterocycles. The number of unbranched alkanes of at least 4 members (excludes halogenated alkanes) is 3. The highest BCUT2D eigenvalue weighted by Crippen LogP contribution is 2.61. The summed E-state index contributed by atoms with van der Waals surface area (Å²) in [6.45, 7) is 2.39. The van der Waals surface area contributed by atoms with Gasteiger partial charge < -0.3 is 61.1 Å². The average Bonchev–Trinajstić information content (AvgIpc) is 3.75. The van der Waals surface area contributed by atoms with Crippen LogP contribution < -0.4 is 16.4 Å². The maximum absolute atomic E-state index is 12.7. The minimum absolute atomic E-state index is 0.0229. The molecule has 3 rings (SSSR count). The molecule has 0 bridgehead atoms. The summed E-state index contributed by atoms with van der Waals surface area (Å²) in [5.41, 5.74) is 4.22. The van der Waals surface area contributed by atoms with E-state index in [-0.39, 0.29) is 53.8 Å². The lowest BCUT2D eigenvalue weighted by molar-refractivity contribution is -0.137. The zero-order valence-electron chi connectivity index (χ0n) is 34.8. The molecule has 1 aliphatic rings. The van der Waals surface area contributed by atoms with Crippen LogP contribution in [0.25, 0.3) is 11.2 Å². The lowest BCUT2D eigenvalue weighted by Gasteiger charge is -2.30. The molecule has 1 aliphatic heterocycles. The van der Waals surface area contributed by atoms with Gasteiger partial charge in [-0.2, -0.15) is 4.31 Å². The summed E-state index contributed by atoms with van der Waals surface area (Å²) in [7, 11) is -16.5. The number of aromatic nitrogens is 4. The number of ether oxygens (including phenoxy) is 1. The number of carbonyl (C=O) groups is 3. The molecular weight excluding hydrogens is 923 g/mol. The largest absolute Gasteiger partial charge is 0.481 e. The number of phosphoric acid groups is 3. The van der Waals surface area contributed by atoms with E-state index in [1.54, 1.807) is 0 Å². The van der Waals surface area contributed by atoms with Gasteiger partial charge in [0, 0.05) is 37.1 Å². The third-order valence-electron chi connectivity index (χ3n) is 9.39. The fourth-order valence-corrected chi connectivity index (χ4v) is 9.56. The maximum Gasteiger partial charge on any atom is 0.481 e. The van der Waals surface area contributed by atoms with E-state index in [0.29, 0.717) is 19.3 Å². The van der Waals surface area contributed by atoms with Gasteiger partial charge in [0.25, 0.3) is 0 Å². The molecule has 9 unspecified atom stereocenters. The second-order valence-electron chi connectivity index (χ2n) is 15.2. The van der Waals surface area contributed by atoms with Crippen molar-refractivity contribution in [2.75, 3.05) is 37.8 Å². The van der Waals surface area contributed by atoms with Crippen LogP contribution in [-0.4, -0.2) is 145 Å². The summed E-state index contributed by atoms with van der Waals surface area (Å²) in [6, 6.07) is 0. The first-order valence-electron chi connectivity index (χ1n) is 19.8. The number of amides is 2. The standard InChI is InChI=1S/C33H58N7O19P3S/c1-4-5-6-7-8-20(41)9-10-21(42)15-24(44)63-14-13-35-23(43)11-12-36-31(47)28(46)33(2,3)17-56-62(53,54)59-61(51,52)55-16-22-27(58-60(48,49)50)26(45)32(57-22)40-19-39-25-29(34)37-18-38-30(25)40/h18-22,26-28,32,41-42,45-46H,4-17H2,1-3H3,(H,35,43)(H,36,47)(H,51,52)(H,53,54)(H2,34,37,38)(H2,48,49,50). The Morgan fingerprint density at radius 2 is 1.63 bits per heavy atom. The van der Waals surface area contributed by atoms with Gasteiger partial charge in [-0.3, -0.25) is 32.5 Å². The van der Waals surface area contributed by atoms with E-state index in [4.69, 9.17) is 19.5 Å². The van der Waals surface area contributed by atoms with E-state index in [1.165, 1.54) is 13.8 Å². The van der Waals surface area contributed by atoms with Crippen molar-refractivity contribution in [1.29, 1.82) is 0 Å². The van der Waals surface area contributed by atoms with Crippen LogP contribution in [0, 0.1) is 5.41 Å². The maximum atomic E-state index is 12.7. The molecule has 26 nitrogen and oxygen atoms in total. The number of carbonyl (C=O) groups excluding carboxylic acids is 3. The van der Waals surface area contributed by atoms with E-state index < -0.39 is 96.8 Å². The van der Waals surface area contributed by atoms with Crippen molar-refractivity contribution in [2.24, 2.45) is 5.41 Å². The summed E-state index contributed by atoms with van der Waals surface area (Å²) in [5.74, 6) is -1.32. The molecule has 2 amide bonds. The molecule has 0 aromatic carbocycles. The molecule has 360 valence electrons. The van der Waals surface area contributed by atoms with Gasteiger partial charge in [0.1, 0.15) is 36.3 Å². The second-order valence-corrected chi connectivity index (χ2v) is 20.6. The Balaban J connectivity index is 1.39. The number of fused-ring (bicyclic) bond motifs is 1. The highest BCUT2D eigenvalue weighted by Gasteiger charge is 2.50. The van der Waals surface area contributed by atoms with Crippen molar-refractivity contribution >= 4 is 69.1 Å². The van der Waals surface area contributed by atoms with Crippen LogP contribution in [0.3, 0.4) is 0 Å². The average molecular weight is 982 g/mol. The minimum atomic E-state index is -5.59. The van der Waals surface area contributed by atoms with E-state index in [1.807, 2.05) is 0 Å². The number of nitrogens with one attached hydrogen (secondary N) is 2. The van der Waals surface area contributed by atoms with Crippen molar-refractivity contribution in [2.45, 2.75) is 121 Å². The fraction of sp³-hybridized carbons (Fsp3) is 0.758. The van der Waals surface area contributed by atoms with Gasteiger partial charge in [-0.05, 0) is 19.3 Å². The van der Waals surface area contributed by atoms with E-state index in [0.717, 1.165) is 54.7 Å². The van der Waals surface area contributed by atoms with E-state index in [9.17, 15) is 68.1 Å². The van der Waals surface area contributed by atoms with Crippen LogP contribution in [0.5, 0.6) is 0 Å². The molecule has 9 atom stereocenters. The van der Waals surface area contributed by atoms with Crippen molar-refractivity contribution < 1.29 is 90.7 Å². The van der Waals surface area contributed by atoms with Gasteiger partial charge in [0.05, 0.1) is 31.7 Å². The Morgan fingerprint density at radius 1 is 0.952 bits per heavy atom. The quantitative estimate of drug-likeness (QED) is 0.0391. The van der Waals surface area contributed by atoms with Crippen LogP contribution in [0.4, 0.5) is 5.82 Å². The molecule has 0 saturated carbocycles. The van der Waals surface area contributed by atoms with E-state index in [2.05, 4.69) is 41.3 Å². The number of nitrogens with two attached hydrogens (primary N) is 1. The number of anilines is 1. The highest BCUT2D eigenvalue weighted by molar-refractivity contribution is 8.13. The molecule has 63 heavy (non-hydrogen) atoms. The highest BCUT2D eigenvalue weighted by atomic mass is 32.2. The Hall–Kier alpha value is -2.52. The zero-order valence-corrected chi connectivity index (χ0v) is 38.3. The number of nitrogens with zero attached hydrogens (tertiary/aromatic N) is 4. The molecule has 2 aromatic heterocycles. The molecule has 0 spiro atoms. The van der Waals surface area contributed by atoms with Gasteiger partial charge in [0.15, 0.2) is 22.8 Å². The monoisotopic (exact) mass is 981 g/mol. The van der Waals surface area contributed by atoms with Gasteiger partial charge in [-0.15, -0.1) is 0 Å². The summed E-state index contributed by atoms with van der Waals surface area (Å²) < 4.78 is 62.2. The van der Waals surface area contributed by atoms with Crippen LogP contribution in [0.2, 0.25) is 0 Å². The number of aliphatic hydroxyl groups is 4. The Labute approximate surface area is 366 Å². The summed E-state index contributed by atoms with van der Waals surface area (Å²) in [5, 5.41) is 46.3. The summed E-state index contributed by atoms with van der Waals surface area (Å²) in [6.07, 6.45) is -3.08. The fourth-order valence-electron chi connectivity index (χ4n) is 5.98. The first-order chi connectivity index (χ1) is 29.3. The number of rotatable bonds is 29. The number of nitrogen functional groups attached to an aromatic ring is 1. The first kappa shape index (κ1) is 54.8. The SMILES string of the molecule is CCCCCCC(O)CCC(O)CC(=O)SCCNC(=O)CCNC(=O)C(O)C(C)(C)COP(=O)(O)OP(=O)(O)OCC1OC(n2cnc3c(N)ncnc32)C(O)C1OP(=O)(O)O. The van der Waals surface area contributed by atoms with Crippen LogP contribution in [0.15, 0.2) is 12.7 Å². The number of hydrogen-bond acceptors (Lipinski definition) is 20. The molecule has 2 aromatic rings. The summed E-state index contributed by atoms with van der Waals surface area (Å²) in [4.78, 5) is 88.1. The number of hydrogen-bond donors (Lipinski definition) is 11. The lowest BCUT2D eigenvalue weighted by Crippen LogP contribution is -2.46. The Bertz CT molecular complexity index is 1960. The van der Waals surface area contributed by atoms with Gasteiger partial charge in [0.2, 0.25) is 11.8 Å². The third-order valence-corrected chi connectivity index (χ3v) is 13.4. The second kappa shape index (κ2) is 24.8. The van der Waals surface area contributed by atoms with E-state index >= 15 is 0 Å². The molecular formula is C33H58N7O19P3S. The van der Waals surface area contributed by atoms with Gasteiger partial charge in [-0.25, -0.2) is 28.6 Å². The number of thioether (sulfide) groups is 1. The van der Waals surface area contributed by atoms with Gasteiger partial charge in [-0.1, -0.05) is 58.2 Å². The van der Waals surface area contributed by atoms with Crippen molar-refractivity contribution in [3.8, 4) is 0 Å². The molecule has 12 N–H and O–H groups in total. The number of imidazole rings is 1. The molecule has 30 heteroatoms. The number of aliphatic hydroxyl groups excluding tert-OH is 4. The predicted molar refractivity (Wildman–Crippen MR) is 222 cm³/mol. The van der Waals surface area contributed by atoms with Crippen molar-refractivity contribution in [1.82, 2.24) is 30.2 Å². The zero-order chi connectivity index (χ0) is 47.2. The molecule has 0 aliphatic carbocycles. The molecule has 1 fully saturated rings.